The average molecular weight is 498 g/mol. The lowest BCUT2D eigenvalue weighted by Gasteiger charge is -2.25. The van der Waals surface area contributed by atoms with Gasteiger partial charge in [-0.05, 0) is 57.9 Å². The van der Waals surface area contributed by atoms with E-state index in [0.717, 1.165) is 12.8 Å². The van der Waals surface area contributed by atoms with Crippen LogP contribution in [-0.4, -0.2) is 59.9 Å². The Labute approximate surface area is 207 Å². The van der Waals surface area contributed by atoms with Gasteiger partial charge >= 0.3 is 11.9 Å². The molecule has 0 spiro atoms. The number of esters is 2. The quantitative estimate of drug-likeness (QED) is 0.130. The molecule has 0 radical (unpaired) electrons. The molecule has 1 fully saturated rings. The van der Waals surface area contributed by atoms with E-state index in [0.29, 0.717) is 38.6 Å². The van der Waals surface area contributed by atoms with Gasteiger partial charge in [-0.2, -0.15) is 0 Å². The molecule has 0 aromatic heterocycles. The first-order chi connectivity index (χ1) is 16.4. The Morgan fingerprint density at radius 3 is 2.06 bits per heavy atom. The Balaban J connectivity index is 2.83. The maximum absolute atomic E-state index is 13.0. The molecule has 1 saturated carbocycles. The summed E-state index contributed by atoms with van der Waals surface area (Å²) in [4.78, 5) is 62.5. The van der Waals surface area contributed by atoms with E-state index in [1.165, 1.54) is 6.92 Å². The van der Waals surface area contributed by atoms with Gasteiger partial charge in [-0.25, -0.2) is 9.59 Å². The van der Waals surface area contributed by atoms with Gasteiger partial charge in [0.25, 0.3) is 0 Å². The zero-order valence-electron chi connectivity index (χ0n) is 21.5. The van der Waals surface area contributed by atoms with Crippen LogP contribution in [0.3, 0.4) is 0 Å². The van der Waals surface area contributed by atoms with E-state index in [1.807, 2.05) is 13.8 Å². The lowest BCUT2D eigenvalue weighted by Crippen LogP contribution is -2.56. The van der Waals surface area contributed by atoms with E-state index >= 15 is 0 Å². The average Bonchev–Trinajstić information content (AvgIpc) is 3.25. The summed E-state index contributed by atoms with van der Waals surface area (Å²) in [5.74, 6) is -2.93. The first-order valence-corrected chi connectivity index (χ1v) is 12.6. The number of unbranched alkanes of at least 4 members (excludes halogenated alkanes) is 1. The van der Waals surface area contributed by atoms with Crippen LogP contribution in [0.2, 0.25) is 0 Å². The molecule has 0 aromatic carbocycles. The molecule has 35 heavy (non-hydrogen) atoms. The van der Waals surface area contributed by atoms with E-state index in [1.54, 1.807) is 6.92 Å². The maximum Gasteiger partial charge on any atom is 0.336 e. The smallest absolute Gasteiger partial charge is 0.336 e. The van der Waals surface area contributed by atoms with Gasteiger partial charge in [0, 0.05) is 6.42 Å². The number of carbonyl (C=O) groups is 5. The number of ether oxygens (including phenoxy) is 1. The van der Waals surface area contributed by atoms with Crippen molar-refractivity contribution in [2.24, 2.45) is 17.4 Å². The molecule has 3 amide bonds. The maximum atomic E-state index is 13.0. The summed E-state index contributed by atoms with van der Waals surface area (Å²) in [6.45, 7) is 7.36. The van der Waals surface area contributed by atoms with E-state index in [2.05, 4.69) is 16.0 Å². The number of nitrogens with one attached hydrogen (secondary N) is 3. The van der Waals surface area contributed by atoms with Crippen LogP contribution in [0.15, 0.2) is 0 Å². The fraction of sp³-hybridized carbons (Fsp3) is 0.792. The van der Waals surface area contributed by atoms with Gasteiger partial charge in [0.05, 0.1) is 0 Å². The molecule has 7 N–H and O–H groups in total. The molecule has 0 heterocycles. The van der Waals surface area contributed by atoms with Crippen LogP contribution in [0.1, 0.15) is 85.5 Å². The predicted molar refractivity (Wildman–Crippen MR) is 131 cm³/mol. The van der Waals surface area contributed by atoms with Gasteiger partial charge in [-0.3, -0.25) is 14.4 Å². The minimum atomic E-state index is -1.17. The third kappa shape index (κ3) is 10.3. The van der Waals surface area contributed by atoms with Crippen molar-refractivity contribution >= 4 is 29.7 Å². The molecule has 11 heteroatoms. The second-order valence-corrected chi connectivity index (χ2v) is 9.75. The van der Waals surface area contributed by atoms with Crippen LogP contribution in [0.5, 0.6) is 0 Å². The van der Waals surface area contributed by atoms with Crippen LogP contribution >= 0.6 is 0 Å². The van der Waals surface area contributed by atoms with E-state index in [9.17, 15) is 24.0 Å². The van der Waals surface area contributed by atoms with Crippen LogP contribution in [-0.2, 0) is 28.7 Å². The number of rotatable bonds is 14. The van der Waals surface area contributed by atoms with Crippen molar-refractivity contribution in [1.82, 2.24) is 16.0 Å². The number of hydrogen-bond acceptors (Lipinski definition) is 8. The lowest BCUT2D eigenvalue weighted by atomic mass is 10.00. The molecule has 200 valence electrons. The first kappa shape index (κ1) is 30.5. The summed E-state index contributed by atoms with van der Waals surface area (Å²) >= 11 is 0. The Hall–Kier alpha value is -2.53. The molecular weight excluding hydrogens is 454 g/mol. The highest BCUT2D eigenvalue weighted by atomic mass is 16.6. The van der Waals surface area contributed by atoms with Gasteiger partial charge < -0.3 is 32.2 Å². The van der Waals surface area contributed by atoms with Gasteiger partial charge in [-0.15, -0.1) is 0 Å². The molecule has 0 bridgehead atoms. The molecule has 1 aliphatic carbocycles. The van der Waals surface area contributed by atoms with Crippen LogP contribution < -0.4 is 27.4 Å². The third-order valence-corrected chi connectivity index (χ3v) is 6.07. The topological polar surface area (TPSA) is 183 Å². The molecule has 11 nitrogen and oxygen atoms in total. The summed E-state index contributed by atoms with van der Waals surface area (Å²) in [5.41, 5.74) is 10.4. The van der Waals surface area contributed by atoms with Crippen molar-refractivity contribution in [2.45, 2.75) is 109 Å². The largest absolute Gasteiger partial charge is 0.390 e. The fourth-order valence-electron chi connectivity index (χ4n) is 3.90. The fourth-order valence-corrected chi connectivity index (χ4v) is 3.90. The summed E-state index contributed by atoms with van der Waals surface area (Å²) < 4.78 is 4.93. The Morgan fingerprint density at radius 2 is 1.51 bits per heavy atom. The van der Waals surface area contributed by atoms with Crippen LogP contribution in [0.4, 0.5) is 0 Å². The number of carbonyl (C=O) groups excluding carboxylic acids is 5. The molecule has 0 aromatic rings. The summed E-state index contributed by atoms with van der Waals surface area (Å²) in [6.07, 6.45) is 4.59. The van der Waals surface area contributed by atoms with Crippen molar-refractivity contribution in [3.05, 3.63) is 0 Å². The summed E-state index contributed by atoms with van der Waals surface area (Å²) in [7, 11) is 0. The van der Waals surface area contributed by atoms with Crippen molar-refractivity contribution in [3.8, 4) is 0 Å². The SMILES string of the molecule is CCC(=O)N[C@@H](CC(C)C)C(=O)N[C@@H](CCCCN)C(=O)N[C@@H](C)C(=O)OC(=O)C1(N)CCCC1. The molecule has 1 rings (SSSR count). The highest BCUT2D eigenvalue weighted by molar-refractivity contribution is 5.96. The molecule has 0 unspecified atom stereocenters. The van der Waals surface area contributed by atoms with Crippen LogP contribution in [0.25, 0.3) is 0 Å². The standard InChI is InChI=1S/C24H43N5O6/c1-5-19(30)28-18(14-15(2)3)21(32)29-17(10-6-9-13-25)20(31)27-16(4)22(33)35-23(34)24(26)11-7-8-12-24/h15-18H,5-14,25-26H2,1-4H3,(H,27,31)(H,28,30)(H,29,32)/t16-,17-,18-/m0/s1. The highest BCUT2D eigenvalue weighted by Gasteiger charge is 2.40. The van der Waals surface area contributed by atoms with Crippen molar-refractivity contribution in [3.63, 3.8) is 0 Å². The number of amides is 3. The zero-order chi connectivity index (χ0) is 26.6. The normalized spacial score (nSPS) is 17.2. The van der Waals surface area contributed by atoms with Crippen molar-refractivity contribution < 1.29 is 28.7 Å². The third-order valence-electron chi connectivity index (χ3n) is 6.07. The highest BCUT2D eigenvalue weighted by Crippen LogP contribution is 2.28. The summed E-state index contributed by atoms with van der Waals surface area (Å²) in [5, 5.41) is 7.91. The number of hydrogen-bond donors (Lipinski definition) is 5. The van der Waals surface area contributed by atoms with E-state index < -0.39 is 47.4 Å². The second kappa shape index (κ2) is 14.8. The van der Waals surface area contributed by atoms with Gasteiger partial charge in [-0.1, -0.05) is 33.6 Å². The van der Waals surface area contributed by atoms with E-state index in [4.69, 9.17) is 16.2 Å². The molecule has 3 atom stereocenters. The van der Waals surface area contributed by atoms with Gasteiger partial charge in [0.1, 0.15) is 23.7 Å². The van der Waals surface area contributed by atoms with Gasteiger partial charge in [0.2, 0.25) is 17.7 Å². The first-order valence-electron chi connectivity index (χ1n) is 12.6. The molecule has 0 saturated heterocycles. The Morgan fingerprint density at radius 1 is 0.914 bits per heavy atom. The van der Waals surface area contributed by atoms with E-state index in [-0.39, 0.29) is 24.7 Å². The predicted octanol–water partition coefficient (Wildman–Crippen LogP) is 0.387. The molecule has 0 aliphatic heterocycles. The second-order valence-electron chi connectivity index (χ2n) is 9.75. The zero-order valence-corrected chi connectivity index (χ0v) is 21.5. The number of nitrogens with two attached hydrogens (primary N) is 2. The molecule has 1 aliphatic rings. The Bertz CT molecular complexity index is 751. The molecular formula is C24H43N5O6. The van der Waals surface area contributed by atoms with Crippen LogP contribution in [0, 0.1) is 5.92 Å². The summed E-state index contributed by atoms with van der Waals surface area (Å²) in [6, 6.07) is -2.88. The van der Waals surface area contributed by atoms with Crippen molar-refractivity contribution in [1.29, 1.82) is 0 Å². The van der Waals surface area contributed by atoms with Crippen molar-refractivity contribution in [2.75, 3.05) is 6.54 Å². The minimum absolute atomic E-state index is 0.130. The monoisotopic (exact) mass is 497 g/mol. The minimum Gasteiger partial charge on any atom is -0.390 e. The van der Waals surface area contributed by atoms with Gasteiger partial charge in [0.15, 0.2) is 0 Å². The Kier molecular flexibility index (Phi) is 12.9. The lowest BCUT2D eigenvalue weighted by molar-refractivity contribution is -0.165.